The molecule has 2 rings (SSSR count). The molecular weight excluding hydrogens is 262 g/mol. The number of rotatable bonds is 4. The molecular formula is C15H22ClNO2. The molecule has 0 spiro atoms. The first kappa shape index (κ1) is 14.5. The van der Waals surface area contributed by atoms with Crippen LogP contribution in [0.2, 0.25) is 5.02 Å². The molecule has 0 radical (unpaired) electrons. The Bertz CT molecular complexity index is 423. The van der Waals surface area contributed by atoms with E-state index in [-0.39, 0.29) is 6.10 Å². The van der Waals surface area contributed by atoms with Gasteiger partial charge in [-0.15, -0.1) is 0 Å². The number of ether oxygens (including phenoxy) is 2. The third-order valence-electron chi connectivity index (χ3n) is 3.15. The van der Waals surface area contributed by atoms with E-state index in [1.165, 1.54) is 0 Å². The van der Waals surface area contributed by atoms with Gasteiger partial charge in [-0.2, -0.15) is 0 Å². The topological polar surface area (TPSA) is 30.5 Å². The Kier molecular flexibility index (Phi) is 4.94. The fraction of sp³-hybridized carbons (Fsp3) is 0.600. The van der Waals surface area contributed by atoms with Crippen molar-refractivity contribution >= 4 is 17.3 Å². The number of benzene rings is 1. The highest BCUT2D eigenvalue weighted by atomic mass is 35.5. The SMILES string of the molecule is CC(C)Oc1ccc(NC2CCOC(C)C2)cc1Cl. The van der Waals surface area contributed by atoms with Gasteiger partial charge in [-0.25, -0.2) is 0 Å². The molecule has 4 heteroatoms. The smallest absolute Gasteiger partial charge is 0.138 e. The highest BCUT2D eigenvalue weighted by Gasteiger charge is 2.19. The second kappa shape index (κ2) is 6.49. The molecule has 106 valence electrons. The average molecular weight is 284 g/mol. The van der Waals surface area contributed by atoms with Crippen molar-refractivity contribution in [1.29, 1.82) is 0 Å². The van der Waals surface area contributed by atoms with E-state index in [4.69, 9.17) is 21.1 Å². The Balaban J connectivity index is 1.99. The van der Waals surface area contributed by atoms with Gasteiger partial charge < -0.3 is 14.8 Å². The molecule has 1 fully saturated rings. The van der Waals surface area contributed by atoms with E-state index >= 15 is 0 Å². The fourth-order valence-electron chi connectivity index (χ4n) is 2.30. The summed E-state index contributed by atoms with van der Waals surface area (Å²) in [6, 6.07) is 6.33. The van der Waals surface area contributed by atoms with Crippen molar-refractivity contribution in [3.05, 3.63) is 23.2 Å². The maximum absolute atomic E-state index is 6.23. The summed E-state index contributed by atoms with van der Waals surface area (Å²) in [5, 5.41) is 4.16. The molecule has 0 bridgehead atoms. The number of anilines is 1. The molecule has 1 N–H and O–H groups in total. The zero-order valence-corrected chi connectivity index (χ0v) is 12.5. The lowest BCUT2D eigenvalue weighted by atomic mass is 10.0. The van der Waals surface area contributed by atoms with Crippen LogP contribution in [0.1, 0.15) is 33.6 Å². The van der Waals surface area contributed by atoms with Crippen molar-refractivity contribution in [3.8, 4) is 5.75 Å². The van der Waals surface area contributed by atoms with Gasteiger partial charge in [0.1, 0.15) is 5.75 Å². The van der Waals surface area contributed by atoms with Gasteiger partial charge in [0.25, 0.3) is 0 Å². The van der Waals surface area contributed by atoms with Gasteiger partial charge in [0.2, 0.25) is 0 Å². The summed E-state index contributed by atoms with van der Waals surface area (Å²) in [7, 11) is 0. The Morgan fingerprint density at radius 2 is 2.21 bits per heavy atom. The van der Waals surface area contributed by atoms with Crippen LogP contribution in [0.3, 0.4) is 0 Å². The molecule has 1 aromatic carbocycles. The zero-order valence-electron chi connectivity index (χ0n) is 11.8. The second-order valence-electron chi connectivity index (χ2n) is 5.36. The molecule has 1 aromatic rings. The van der Waals surface area contributed by atoms with Crippen molar-refractivity contribution in [1.82, 2.24) is 0 Å². The van der Waals surface area contributed by atoms with Gasteiger partial charge in [-0.3, -0.25) is 0 Å². The Hall–Kier alpha value is -0.930. The lowest BCUT2D eigenvalue weighted by Crippen LogP contribution is -2.32. The van der Waals surface area contributed by atoms with Crippen LogP contribution in [0.5, 0.6) is 5.75 Å². The minimum Gasteiger partial charge on any atom is -0.489 e. The van der Waals surface area contributed by atoms with Crippen molar-refractivity contribution in [2.75, 3.05) is 11.9 Å². The van der Waals surface area contributed by atoms with Crippen LogP contribution >= 0.6 is 11.6 Å². The molecule has 0 saturated carbocycles. The van der Waals surface area contributed by atoms with Crippen LogP contribution in [0, 0.1) is 0 Å². The predicted molar refractivity (Wildman–Crippen MR) is 79.3 cm³/mol. The van der Waals surface area contributed by atoms with Crippen LogP contribution in [0.25, 0.3) is 0 Å². The monoisotopic (exact) mass is 283 g/mol. The number of halogens is 1. The van der Waals surface area contributed by atoms with Gasteiger partial charge in [-0.1, -0.05) is 11.6 Å². The summed E-state index contributed by atoms with van der Waals surface area (Å²) >= 11 is 6.23. The summed E-state index contributed by atoms with van der Waals surface area (Å²) in [6.07, 6.45) is 2.52. The normalized spacial score (nSPS) is 23.4. The Morgan fingerprint density at radius 3 is 2.84 bits per heavy atom. The van der Waals surface area contributed by atoms with Gasteiger partial charge >= 0.3 is 0 Å². The molecule has 1 heterocycles. The fourth-order valence-corrected chi connectivity index (χ4v) is 2.53. The minimum atomic E-state index is 0.132. The first-order chi connectivity index (χ1) is 9.04. The van der Waals surface area contributed by atoms with E-state index in [2.05, 4.69) is 12.2 Å². The van der Waals surface area contributed by atoms with Gasteiger partial charge in [0.15, 0.2) is 0 Å². The van der Waals surface area contributed by atoms with Crippen LogP contribution in [-0.2, 0) is 4.74 Å². The van der Waals surface area contributed by atoms with Crippen molar-refractivity contribution in [3.63, 3.8) is 0 Å². The van der Waals surface area contributed by atoms with E-state index in [0.717, 1.165) is 30.9 Å². The van der Waals surface area contributed by atoms with Gasteiger partial charge in [-0.05, 0) is 51.8 Å². The van der Waals surface area contributed by atoms with E-state index < -0.39 is 0 Å². The van der Waals surface area contributed by atoms with E-state index in [0.29, 0.717) is 17.2 Å². The van der Waals surface area contributed by atoms with Crippen molar-refractivity contribution in [2.24, 2.45) is 0 Å². The van der Waals surface area contributed by atoms with E-state index in [1.54, 1.807) is 0 Å². The summed E-state index contributed by atoms with van der Waals surface area (Å²) in [5.74, 6) is 0.738. The van der Waals surface area contributed by atoms with Crippen LogP contribution < -0.4 is 10.1 Å². The molecule has 0 aliphatic carbocycles. The highest BCUT2D eigenvalue weighted by molar-refractivity contribution is 6.32. The Morgan fingerprint density at radius 1 is 1.42 bits per heavy atom. The van der Waals surface area contributed by atoms with Crippen LogP contribution in [0.4, 0.5) is 5.69 Å². The summed E-state index contributed by atoms with van der Waals surface area (Å²) < 4.78 is 11.2. The zero-order chi connectivity index (χ0) is 13.8. The molecule has 0 aromatic heterocycles. The largest absolute Gasteiger partial charge is 0.489 e. The molecule has 1 aliphatic heterocycles. The minimum absolute atomic E-state index is 0.132. The third kappa shape index (κ3) is 4.29. The Labute approximate surface area is 120 Å². The molecule has 1 saturated heterocycles. The van der Waals surface area contributed by atoms with Gasteiger partial charge in [0.05, 0.1) is 17.2 Å². The molecule has 19 heavy (non-hydrogen) atoms. The predicted octanol–water partition coefficient (Wildman–Crippen LogP) is 4.11. The average Bonchev–Trinajstić information content (AvgIpc) is 2.32. The van der Waals surface area contributed by atoms with E-state index in [9.17, 15) is 0 Å². The number of hydrogen-bond donors (Lipinski definition) is 1. The molecule has 2 unspecified atom stereocenters. The third-order valence-corrected chi connectivity index (χ3v) is 3.45. The lowest BCUT2D eigenvalue weighted by molar-refractivity contribution is 0.0232. The standard InChI is InChI=1S/C15H22ClNO2/c1-10(2)19-15-5-4-12(9-14(15)16)17-13-6-7-18-11(3)8-13/h4-5,9-11,13,17H,6-8H2,1-3H3. The molecule has 1 aliphatic rings. The first-order valence-corrected chi connectivity index (χ1v) is 7.26. The van der Waals surface area contributed by atoms with E-state index in [1.807, 2.05) is 32.0 Å². The maximum atomic E-state index is 6.23. The van der Waals surface area contributed by atoms with Gasteiger partial charge in [0, 0.05) is 18.3 Å². The maximum Gasteiger partial charge on any atom is 0.138 e. The van der Waals surface area contributed by atoms with Crippen LogP contribution in [-0.4, -0.2) is 24.9 Å². The number of hydrogen-bond acceptors (Lipinski definition) is 3. The molecule has 0 amide bonds. The quantitative estimate of drug-likeness (QED) is 0.902. The van der Waals surface area contributed by atoms with Crippen molar-refractivity contribution < 1.29 is 9.47 Å². The lowest BCUT2D eigenvalue weighted by Gasteiger charge is -2.28. The molecule has 2 atom stereocenters. The number of nitrogens with one attached hydrogen (secondary N) is 1. The summed E-state index contributed by atoms with van der Waals surface area (Å²) in [5.41, 5.74) is 1.04. The summed E-state index contributed by atoms with van der Waals surface area (Å²) in [4.78, 5) is 0. The van der Waals surface area contributed by atoms with Crippen LogP contribution in [0.15, 0.2) is 18.2 Å². The first-order valence-electron chi connectivity index (χ1n) is 6.89. The summed E-state index contributed by atoms with van der Waals surface area (Å²) in [6.45, 7) is 6.92. The van der Waals surface area contributed by atoms with Crippen molar-refractivity contribution in [2.45, 2.75) is 51.9 Å². The highest BCUT2D eigenvalue weighted by Crippen LogP contribution is 2.29. The second-order valence-corrected chi connectivity index (χ2v) is 5.77. The molecule has 3 nitrogen and oxygen atoms in total.